The van der Waals surface area contributed by atoms with Gasteiger partial charge in [-0.1, -0.05) is 0 Å². The number of alkyl halides is 3. The van der Waals surface area contributed by atoms with Crippen LogP contribution in [0.2, 0.25) is 0 Å². The van der Waals surface area contributed by atoms with Gasteiger partial charge in [-0.05, 0) is 36.4 Å². The molecule has 0 aliphatic rings. The van der Waals surface area contributed by atoms with Crippen molar-refractivity contribution in [2.45, 2.75) is 6.18 Å². The van der Waals surface area contributed by atoms with Crippen LogP contribution in [-0.2, 0) is 6.18 Å². The summed E-state index contributed by atoms with van der Waals surface area (Å²) >= 11 is 0. The van der Waals surface area contributed by atoms with E-state index in [4.69, 9.17) is 0 Å². The van der Waals surface area contributed by atoms with Gasteiger partial charge in [-0.2, -0.15) is 18.3 Å². The Morgan fingerprint density at radius 1 is 1.00 bits per heavy atom. The summed E-state index contributed by atoms with van der Waals surface area (Å²) in [7, 11) is 0. The molecule has 2 aromatic rings. The third-order valence-electron chi connectivity index (χ3n) is 2.74. The maximum atomic E-state index is 12.9. The summed E-state index contributed by atoms with van der Waals surface area (Å²) in [4.78, 5) is 11.7. The van der Waals surface area contributed by atoms with Gasteiger partial charge >= 0.3 is 6.18 Å². The molecular weight excluding hydrogens is 319 g/mol. The van der Waals surface area contributed by atoms with Crippen LogP contribution in [0.4, 0.5) is 22.0 Å². The Morgan fingerprint density at radius 3 is 2.09 bits per heavy atom. The normalized spacial score (nSPS) is 11.7. The lowest BCUT2D eigenvalue weighted by Gasteiger charge is -2.06. The predicted molar refractivity (Wildman–Crippen MR) is 72.9 cm³/mol. The van der Waals surface area contributed by atoms with E-state index in [1.54, 1.807) is 0 Å². The van der Waals surface area contributed by atoms with E-state index >= 15 is 0 Å². The first-order chi connectivity index (χ1) is 10.8. The minimum absolute atomic E-state index is 0.0411. The number of carbonyl (C=O) groups excluding carboxylic acids is 1. The highest BCUT2D eigenvalue weighted by Gasteiger charge is 2.30. The van der Waals surface area contributed by atoms with Crippen LogP contribution in [0.1, 0.15) is 21.5 Å². The molecule has 3 nitrogen and oxygen atoms in total. The molecule has 8 heteroatoms. The van der Waals surface area contributed by atoms with Crippen molar-refractivity contribution < 1.29 is 26.7 Å². The van der Waals surface area contributed by atoms with Gasteiger partial charge in [0.15, 0.2) is 0 Å². The molecule has 0 aliphatic carbocycles. The molecule has 2 aromatic carbocycles. The van der Waals surface area contributed by atoms with Crippen molar-refractivity contribution in [3.05, 3.63) is 70.8 Å². The van der Waals surface area contributed by atoms with E-state index in [0.29, 0.717) is 6.07 Å². The smallest absolute Gasteiger partial charge is 0.267 e. The minimum Gasteiger partial charge on any atom is -0.267 e. The number of nitrogens with zero attached hydrogens (tertiary/aromatic N) is 1. The van der Waals surface area contributed by atoms with Crippen LogP contribution in [0, 0.1) is 11.6 Å². The molecule has 0 unspecified atom stereocenters. The third-order valence-corrected chi connectivity index (χ3v) is 2.74. The molecule has 0 saturated heterocycles. The highest BCUT2D eigenvalue weighted by molar-refractivity contribution is 5.94. The van der Waals surface area contributed by atoms with Crippen LogP contribution in [0.3, 0.4) is 0 Å². The van der Waals surface area contributed by atoms with Gasteiger partial charge < -0.3 is 0 Å². The fourth-order valence-electron chi connectivity index (χ4n) is 1.69. The van der Waals surface area contributed by atoms with E-state index in [2.05, 4.69) is 5.10 Å². The molecule has 1 N–H and O–H groups in total. The SMILES string of the molecule is O=C(NN=Cc1cc(F)cc(F)c1)c1ccc(C(F)(F)F)cc1. The van der Waals surface area contributed by atoms with Crippen molar-refractivity contribution in [3.8, 4) is 0 Å². The van der Waals surface area contributed by atoms with Crippen LogP contribution >= 0.6 is 0 Å². The molecule has 0 aromatic heterocycles. The van der Waals surface area contributed by atoms with E-state index in [9.17, 15) is 26.7 Å². The van der Waals surface area contributed by atoms with E-state index in [-0.39, 0.29) is 11.1 Å². The van der Waals surface area contributed by atoms with E-state index in [1.165, 1.54) is 0 Å². The Kier molecular flexibility index (Phi) is 4.73. The van der Waals surface area contributed by atoms with E-state index in [1.807, 2.05) is 5.43 Å². The standard InChI is InChI=1S/C15H9F5N2O/c16-12-5-9(6-13(17)7-12)8-21-22-14(23)10-1-3-11(4-2-10)15(18,19)20/h1-8H,(H,22,23). The lowest BCUT2D eigenvalue weighted by Crippen LogP contribution is -2.18. The lowest BCUT2D eigenvalue weighted by atomic mass is 10.1. The number of rotatable bonds is 3. The monoisotopic (exact) mass is 328 g/mol. The average Bonchev–Trinajstić information content (AvgIpc) is 2.45. The topological polar surface area (TPSA) is 41.5 Å². The van der Waals surface area contributed by atoms with E-state index in [0.717, 1.165) is 42.6 Å². The quantitative estimate of drug-likeness (QED) is 0.520. The molecule has 2 rings (SSSR count). The summed E-state index contributed by atoms with van der Waals surface area (Å²) in [5.41, 5.74) is 1.21. The number of hydrogen-bond acceptors (Lipinski definition) is 2. The fraction of sp³-hybridized carbons (Fsp3) is 0.0667. The molecule has 0 aliphatic heterocycles. The predicted octanol–water partition coefficient (Wildman–Crippen LogP) is 3.75. The number of hydrazone groups is 1. The molecule has 0 fully saturated rings. The number of hydrogen-bond donors (Lipinski definition) is 1. The second-order valence-electron chi connectivity index (χ2n) is 4.48. The van der Waals surface area contributed by atoms with E-state index < -0.39 is 29.3 Å². The first-order valence-electron chi connectivity index (χ1n) is 6.22. The molecule has 120 valence electrons. The van der Waals surface area contributed by atoms with Crippen molar-refractivity contribution in [2.24, 2.45) is 5.10 Å². The largest absolute Gasteiger partial charge is 0.416 e. The first kappa shape index (κ1) is 16.6. The van der Waals surface area contributed by atoms with Gasteiger partial charge in [0, 0.05) is 17.2 Å². The summed E-state index contributed by atoms with van der Waals surface area (Å²) in [5.74, 6) is -2.37. The second-order valence-corrected chi connectivity index (χ2v) is 4.48. The average molecular weight is 328 g/mol. The summed E-state index contributed by atoms with van der Waals surface area (Å²) in [6.45, 7) is 0. The lowest BCUT2D eigenvalue weighted by molar-refractivity contribution is -0.137. The molecular formula is C15H9F5N2O. The van der Waals surface area contributed by atoms with Crippen molar-refractivity contribution in [3.63, 3.8) is 0 Å². The Balaban J connectivity index is 2.03. The maximum Gasteiger partial charge on any atom is 0.416 e. The van der Waals surface area contributed by atoms with Gasteiger partial charge in [-0.25, -0.2) is 14.2 Å². The Morgan fingerprint density at radius 2 is 1.57 bits per heavy atom. The maximum absolute atomic E-state index is 12.9. The Bertz CT molecular complexity index is 718. The molecule has 0 radical (unpaired) electrons. The van der Waals surface area contributed by atoms with Crippen LogP contribution in [-0.4, -0.2) is 12.1 Å². The van der Waals surface area contributed by atoms with Crippen LogP contribution in [0.5, 0.6) is 0 Å². The molecule has 0 heterocycles. The Hall–Kier alpha value is -2.77. The second kappa shape index (κ2) is 6.55. The third kappa shape index (κ3) is 4.60. The minimum atomic E-state index is -4.49. The van der Waals surface area contributed by atoms with Gasteiger partial charge in [0.2, 0.25) is 0 Å². The first-order valence-corrected chi connectivity index (χ1v) is 6.22. The molecule has 1 amide bonds. The zero-order chi connectivity index (χ0) is 17.0. The summed E-state index contributed by atoms with van der Waals surface area (Å²) in [6.07, 6.45) is -3.48. The molecule has 0 bridgehead atoms. The zero-order valence-electron chi connectivity index (χ0n) is 11.4. The van der Waals surface area contributed by atoms with Gasteiger partial charge in [-0.15, -0.1) is 0 Å². The number of carbonyl (C=O) groups is 1. The molecule has 23 heavy (non-hydrogen) atoms. The molecule has 0 atom stereocenters. The van der Waals surface area contributed by atoms with Crippen molar-refractivity contribution >= 4 is 12.1 Å². The van der Waals surface area contributed by atoms with Gasteiger partial charge in [0.1, 0.15) is 11.6 Å². The molecule has 0 spiro atoms. The van der Waals surface area contributed by atoms with Crippen molar-refractivity contribution in [1.82, 2.24) is 5.43 Å². The van der Waals surface area contributed by atoms with Crippen LogP contribution in [0.25, 0.3) is 0 Å². The van der Waals surface area contributed by atoms with Gasteiger partial charge in [0.25, 0.3) is 5.91 Å². The van der Waals surface area contributed by atoms with Crippen LogP contribution < -0.4 is 5.43 Å². The van der Waals surface area contributed by atoms with Gasteiger partial charge in [0.05, 0.1) is 11.8 Å². The highest BCUT2D eigenvalue weighted by atomic mass is 19.4. The van der Waals surface area contributed by atoms with Crippen molar-refractivity contribution in [2.75, 3.05) is 0 Å². The molecule has 0 saturated carbocycles. The van der Waals surface area contributed by atoms with Crippen molar-refractivity contribution in [1.29, 1.82) is 0 Å². The number of amides is 1. The zero-order valence-corrected chi connectivity index (χ0v) is 11.4. The fourth-order valence-corrected chi connectivity index (χ4v) is 1.69. The summed E-state index contributed by atoms with van der Waals surface area (Å²) in [6, 6.07) is 6.19. The number of benzene rings is 2. The number of halogens is 5. The van der Waals surface area contributed by atoms with Crippen LogP contribution in [0.15, 0.2) is 47.6 Å². The number of nitrogens with one attached hydrogen (secondary N) is 1. The highest BCUT2D eigenvalue weighted by Crippen LogP contribution is 2.29. The summed E-state index contributed by atoms with van der Waals surface area (Å²) < 4.78 is 63.0. The van der Waals surface area contributed by atoms with Gasteiger partial charge in [-0.3, -0.25) is 4.79 Å². The Labute approximate surface area is 127 Å². The summed E-state index contributed by atoms with van der Waals surface area (Å²) in [5, 5.41) is 3.49.